The third-order valence-corrected chi connectivity index (χ3v) is 8.18. The number of aliphatic hydroxyl groups excluding tert-OH is 2. The lowest BCUT2D eigenvalue weighted by atomic mass is 9.94. The van der Waals surface area contributed by atoms with Crippen LogP contribution in [0.2, 0.25) is 0 Å². The molecule has 5 atom stereocenters. The Labute approximate surface area is 241 Å². The van der Waals surface area contributed by atoms with Crippen molar-refractivity contribution in [3.63, 3.8) is 0 Å². The van der Waals surface area contributed by atoms with Gasteiger partial charge in [0.2, 0.25) is 11.7 Å². The van der Waals surface area contributed by atoms with Crippen molar-refractivity contribution >= 4 is 34.9 Å². The highest BCUT2D eigenvalue weighted by atomic mass is 16.6. The van der Waals surface area contributed by atoms with Crippen molar-refractivity contribution in [3.8, 4) is 11.8 Å². The molecule has 42 heavy (non-hydrogen) atoms. The number of amides is 3. The standard InChI is InChI=1S/C27H34N8O7/c1-33-12-16(11-18(33)36)41-27(40)34-9-7-14(8-10-34)3-2-4-17-31-23(28)19-24(32-17)35(13-29-19)26-21(38)20(37)22(42-26)25(39)30-15-5-6-15/h13-16,20-22,26,37-38H,3,5-12H2,1H3,(H,30,39)(H2,28,31,32)/t16?,20-,21+,22-,26+/m0/s1. The lowest BCUT2D eigenvalue weighted by Gasteiger charge is -2.31. The molecule has 0 radical (unpaired) electrons. The van der Waals surface area contributed by atoms with E-state index >= 15 is 0 Å². The number of rotatable bonds is 5. The van der Waals surface area contributed by atoms with Gasteiger partial charge in [0.25, 0.3) is 5.91 Å². The molecule has 3 saturated heterocycles. The van der Waals surface area contributed by atoms with Crippen LogP contribution in [0.1, 0.15) is 50.6 Å². The minimum absolute atomic E-state index is 0.0236. The van der Waals surface area contributed by atoms with Gasteiger partial charge in [0.15, 0.2) is 23.8 Å². The van der Waals surface area contributed by atoms with Gasteiger partial charge in [-0.15, -0.1) is 0 Å². The van der Waals surface area contributed by atoms with E-state index in [-0.39, 0.29) is 53.2 Å². The number of hydrogen-bond donors (Lipinski definition) is 4. The lowest BCUT2D eigenvalue weighted by molar-refractivity contribution is -0.137. The number of likely N-dealkylation sites (N-methyl/N-ethyl adjacent to an activating group) is 1. The van der Waals surface area contributed by atoms with Gasteiger partial charge in [-0.2, -0.15) is 0 Å². The molecule has 0 aromatic carbocycles. The summed E-state index contributed by atoms with van der Waals surface area (Å²) < 4.78 is 12.7. The first-order chi connectivity index (χ1) is 20.2. The van der Waals surface area contributed by atoms with Gasteiger partial charge in [0.1, 0.15) is 23.8 Å². The second-order valence-electron chi connectivity index (χ2n) is 11.4. The summed E-state index contributed by atoms with van der Waals surface area (Å²) in [5, 5.41) is 23.9. The smallest absolute Gasteiger partial charge is 0.410 e. The number of nitrogens with zero attached hydrogens (tertiary/aromatic N) is 6. The average Bonchev–Trinajstić information content (AvgIpc) is 3.47. The van der Waals surface area contributed by atoms with Crippen molar-refractivity contribution in [1.82, 2.24) is 34.6 Å². The Hall–Kier alpha value is -4.00. The predicted molar refractivity (Wildman–Crippen MR) is 145 cm³/mol. The Morgan fingerprint density at radius 2 is 1.95 bits per heavy atom. The number of ether oxygens (including phenoxy) is 2. The number of carbonyl (C=O) groups excluding carboxylic acids is 3. The van der Waals surface area contributed by atoms with Crippen LogP contribution in [-0.4, -0.2) is 115 Å². The number of nitrogen functional groups attached to an aromatic ring is 1. The summed E-state index contributed by atoms with van der Waals surface area (Å²) >= 11 is 0. The third kappa shape index (κ3) is 5.69. The molecule has 6 rings (SSSR count). The van der Waals surface area contributed by atoms with Gasteiger partial charge in [-0.1, -0.05) is 5.92 Å². The highest BCUT2D eigenvalue weighted by Gasteiger charge is 2.48. The fraction of sp³-hybridized carbons (Fsp3) is 0.630. The maximum atomic E-state index is 12.5. The zero-order valence-corrected chi connectivity index (χ0v) is 23.2. The van der Waals surface area contributed by atoms with Gasteiger partial charge < -0.3 is 40.5 Å². The van der Waals surface area contributed by atoms with E-state index in [1.54, 1.807) is 16.8 Å². The molecule has 3 aliphatic heterocycles. The number of anilines is 1. The molecule has 2 aromatic rings. The fourth-order valence-electron chi connectivity index (χ4n) is 5.51. The Balaban J connectivity index is 1.07. The predicted octanol–water partition coefficient (Wildman–Crippen LogP) is -0.873. The van der Waals surface area contributed by atoms with E-state index in [0.29, 0.717) is 26.1 Å². The molecule has 5 heterocycles. The maximum absolute atomic E-state index is 12.5. The number of aliphatic hydroxyl groups is 2. The quantitative estimate of drug-likeness (QED) is 0.320. The molecule has 4 fully saturated rings. The van der Waals surface area contributed by atoms with E-state index in [1.807, 2.05) is 0 Å². The first kappa shape index (κ1) is 28.1. The van der Waals surface area contributed by atoms with Crippen molar-refractivity contribution in [2.24, 2.45) is 5.92 Å². The molecule has 0 bridgehead atoms. The van der Waals surface area contributed by atoms with Crippen LogP contribution in [0, 0.1) is 17.8 Å². The zero-order chi connectivity index (χ0) is 29.5. The molecular weight excluding hydrogens is 548 g/mol. The van der Waals surface area contributed by atoms with Crippen LogP contribution in [0.3, 0.4) is 0 Å². The van der Waals surface area contributed by atoms with Crippen LogP contribution in [-0.2, 0) is 19.1 Å². The minimum Gasteiger partial charge on any atom is -0.444 e. The molecular formula is C27H34N8O7. The number of aromatic nitrogens is 4. The van der Waals surface area contributed by atoms with E-state index in [1.165, 1.54) is 10.9 Å². The number of hydrogen-bond acceptors (Lipinski definition) is 11. The molecule has 1 aliphatic carbocycles. The maximum Gasteiger partial charge on any atom is 0.410 e. The molecule has 1 saturated carbocycles. The van der Waals surface area contributed by atoms with Crippen LogP contribution in [0.5, 0.6) is 0 Å². The largest absolute Gasteiger partial charge is 0.444 e. The molecule has 0 spiro atoms. The van der Waals surface area contributed by atoms with Crippen molar-refractivity contribution in [1.29, 1.82) is 0 Å². The second kappa shape index (κ2) is 11.3. The average molecular weight is 583 g/mol. The number of fused-ring (bicyclic) bond motifs is 1. The molecule has 224 valence electrons. The number of likely N-dealkylation sites (tertiary alicyclic amines) is 2. The summed E-state index contributed by atoms with van der Waals surface area (Å²) in [5.41, 5.74) is 6.66. The van der Waals surface area contributed by atoms with Gasteiger partial charge in [-0.3, -0.25) is 14.2 Å². The number of nitrogens with one attached hydrogen (secondary N) is 1. The van der Waals surface area contributed by atoms with Crippen LogP contribution in [0.25, 0.3) is 11.2 Å². The highest BCUT2D eigenvalue weighted by Crippen LogP contribution is 2.33. The number of piperidine rings is 1. The van der Waals surface area contributed by atoms with E-state index in [9.17, 15) is 24.6 Å². The van der Waals surface area contributed by atoms with Crippen LogP contribution < -0.4 is 11.1 Å². The Kier molecular flexibility index (Phi) is 7.60. The Morgan fingerprint density at radius 3 is 2.64 bits per heavy atom. The van der Waals surface area contributed by atoms with Gasteiger partial charge in [0.05, 0.1) is 19.3 Å². The molecule has 1 unspecified atom stereocenters. The van der Waals surface area contributed by atoms with Gasteiger partial charge in [0, 0.05) is 32.6 Å². The second-order valence-corrected chi connectivity index (χ2v) is 11.4. The van der Waals surface area contributed by atoms with Crippen molar-refractivity contribution in [3.05, 3.63) is 12.2 Å². The van der Waals surface area contributed by atoms with Gasteiger partial charge in [-0.05, 0) is 37.5 Å². The van der Waals surface area contributed by atoms with Crippen LogP contribution in [0.4, 0.5) is 10.6 Å². The number of imidazole rings is 1. The van der Waals surface area contributed by atoms with Crippen LogP contribution >= 0.6 is 0 Å². The van der Waals surface area contributed by atoms with E-state index in [4.69, 9.17) is 15.2 Å². The summed E-state index contributed by atoms with van der Waals surface area (Å²) in [4.78, 5) is 52.8. The molecule has 4 aliphatic rings. The van der Waals surface area contributed by atoms with Crippen molar-refractivity contribution in [2.45, 2.75) is 75.2 Å². The first-order valence-corrected chi connectivity index (χ1v) is 14.2. The summed E-state index contributed by atoms with van der Waals surface area (Å²) in [6.45, 7) is 1.51. The topological polar surface area (TPSA) is 198 Å². The van der Waals surface area contributed by atoms with Crippen molar-refractivity contribution < 1.29 is 34.1 Å². The van der Waals surface area contributed by atoms with E-state index < -0.39 is 36.6 Å². The molecule has 5 N–H and O–H groups in total. The first-order valence-electron chi connectivity index (χ1n) is 14.2. The summed E-state index contributed by atoms with van der Waals surface area (Å²) in [6, 6.07) is 0.0773. The normalized spacial score (nSPS) is 28.2. The van der Waals surface area contributed by atoms with E-state index in [0.717, 1.165) is 25.7 Å². The highest BCUT2D eigenvalue weighted by molar-refractivity contribution is 5.83. The molecule has 3 amide bonds. The Bertz CT molecular complexity index is 1440. The minimum atomic E-state index is -1.42. The molecule has 2 aromatic heterocycles. The SMILES string of the molecule is CN1CC(OC(=O)N2CCC(CC#Cc3nc(N)c4ncn([C@@H]5O[C@H](C(=O)NC6CC6)[C@@H](O)[C@H]5O)c4n3)CC2)CC1=O. The zero-order valence-electron chi connectivity index (χ0n) is 23.2. The Morgan fingerprint density at radius 1 is 1.19 bits per heavy atom. The number of nitrogens with two attached hydrogens (primary N) is 1. The monoisotopic (exact) mass is 582 g/mol. The lowest BCUT2D eigenvalue weighted by Crippen LogP contribution is -2.43. The summed E-state index contributed by atoms with van der Waals surface area (Å²) in [6.07, 6.45) is -0.510. The third-order valence-electron chi connectivity index (χ3n) is 8.18. The molecule has 15 nitrogen and oxygen atoms in total. The van der Waals surface area contributed by atoms with Crippen LogP contribution in [0.15, 0.2) is 6.33 Å². The van der Waals surface area contributed by atoms with Gasteiger partial charge >= 0.3 is 6.09 Å². The van der Waals surface area contributed by atoms with Gasteiger partial charge in [-0.25, -0.2) is 19.7 Å². The summed E-state index contributed by atoms with van der Waals surface area (Å²) in [7, 11) is 1.70. The summed E-state index contributed by atoms with van der Waals surface area (Å²) in [5.74, 6) is 6.09. The molecule has 15 heteroatoms. The van der Waals surface area contributed by atoms with Crippen molar-refractivity contribution in [2.75, 3.05) is 32.4 Å². The fourth-order valence-corrected chi connectivity index (χ4v) is 5.51. The van der Waals surface area contributed by atoms with E-state index in [2.05, 4.69) is 32.1 Å². The number of carbonyl (C=O) groups is 3.